The van der Waals surface area contributed by atoms with Crippen LogP contribution in [0.5, 0.6) is 0 Å². The number of nitrogens with one attached hydrogen (secondary N) is 5. The van der Waals surface area contributed by atoms with E-state index in [9.17, 15) is 34.2 Å². The number of aromatic nitrogens is 2. The zero-order chi connectivity index (χ0) is 29.5. The normalized spacial score (nSPS) is 13.3. The first-order valence-corrected chi connectivity index (χ1v) is 12.8. The minimum absolute atomic E-state index is 0.0347. The number of aromatic amines is 2. The Kier molecular flexibility index (Phi) is 8.99. The minimum Gasteiger partial charge on any atom is -0.481 e. The maximum atomic E-state index is 13.5. The van der Waals surface area contributed by atoms with E-state index in [0.717, 1.165) is 21.8 Å². The van der Waals surface area contributed by atoms with Crippen molar-refractivity contribution in [3.8, 4) is 0 Å². The molecule has 2 aromatic heterocycles. The second-order valence-corrected chi connectivity index (χ2v) is 9.51. The van der Waals surface area contributed by atoms with Gasteiger partial charge in [-0.05, 0) is 23.3 Å². The molecular weight excluding hydrogens is 532 g/mol. The van der Waals surface area contributed by atoms with Gasteiger partial charge in [-0.3, -0.25) is 19.2 Å². The Morgan fingerprint density at radius 2 is 1.20 bits per heavy atom. The highest BCUT2D eigenvalue weighted by Gasteiger charge is 2.31. The van der Waals surface area contributed by atoms with Gasteiger partial charge in [-0.25, -0.2) is 4.79 Å². The third kappa shape index (κ3) is 7.08. The maximum absolute atomic E-state index is 13.5. The van der Waals surface area contributed by atoms with E-state index in [4.69, 9.17) is 5.73 Å². The molecule has 2 heterocycles. The molecule has 0 fully saturated rings. The number of H-pyrrole nitrogens is 2. The molecule has 4 aromatic rings. The molecule has 0 aliphatic carbocycles. The lowest BCUT2D eigenvalue weighted by Gasteiger charge is -2.24. The smallest absolute Gasteiger partial charge is 0.326 e. The standard InChI is InChI=1S/C28H30N6O7/c29-12-24(35)32-22(11-25(36)37)27(39)33-21(9-15-13-30-19-7-3-1-5-17(15)19)26(38)34-23(28(40)41)10-16-14-31-20-8-4-2-6-18(16)20/h1-8,13-14,21-23,30-31H,9-12,29H2,(H,32,35)(H,33,39)(H,34,38)(H,36,37)(H,40,41). The predicted octanol–water partition coefficient (Wildman–Crippen LogP) is 0.407. The van der Waals surface area contributed by atoms with Crippen LogP contribution in [-0.2, 0) is 36.8 Å². The maximum Gasteiger partial charge on any atom is 0.326 e. The van der Waals surface area contributed by atoms with Crippen molar-refractivity contribution in [2.24, 2.45) is 5.73 Å². The second kappa shape index (κ2) is 12.8. The molecule has 4 rings (SSSR count). The van der Waals surface area contributed by atoms with Crippen LogP contribution in [0.3, 0.4) is 0 Å². The molecule has 0 saturated carbocycles. The molecule has 0 radical (unpaired) electrons. The lowest BCUT2D eigenvalue weighted by atomic mass is 10.0. The van der Waals surface area contributed by atoms with Gasteiger partial charge in [0.15, 0.2) is 0 Å². The highest BCUT2D eigenvalue weighted by atomic mass is 16.4. The van der Waals surface area contributed by atoms with E-state index in [2.05, 4.69) is 25.9 Å². The molecule has 3 amide bonds. The quantitative estimate of drug-likeness (QED) is 0.114. The van der Waals surface area contributed by atoms with Crippen LogP contribution in [0.25, 0.3) is 21.8 Å². The lowest BCUT2D eigenvalue weighted by Crippen LogP contribution is -2.57. The van der Waals surface area contributed by atoms with Crippen molar-refractivity contribution in [3.05, 3.63) is 72.1 Å². The predicted molar refractivity (Wildman–Crippen MR) is 149 cm³/mol. The third-order valence-corrected chi connectivity index (χ3v) is 6.66. The zero-order valence-electron chi connectivity index (χ0n) is 21.8. The van der Waals surface area contributed by atoms with Gasteiger partial charge in [-0.2, -0.15) is 0 Å². The van der Waals surface area contributed by atoms with Crippen LogP contribution in [-0.4, -0.2) is 74.5 Å². The molecule has 0 bridgehead atoms. The number of amides is 3. The molecule has 3 unspecified atom stereocenters. The average molecular weight is 563 g/mol. The fraction of sp³-hybridized carbons (Fsp3) is 0.250. The van der Waals surface area contributed by atoms with E-state index < -0.39 is 60.8 Å². The van der Waals surface area contributed by atoms with Crippen LogP contribution in [0, 0.1) is 0 Å². The molecule has 13 nitrogen and oxygen atoms in total. The lowest BCUT2D eigenvalue weighted by molar-refractivity contribution is -0.143. The van der Waals surface area contributed by atoms with Gasteiger partial charge < -0.3 is 41.9 Å². The molecule has 41 heavy (non-hydrogen) atoms. The Morgan fingerprint density at radius 3 is 1.71 bits per heavy atom. The molecule has 214 valence electrons. The third-order valence-electron chi connectivity index (χ3n) is 6.66. The van der Waals surface area contributed by atoms with E-state index in [1.54, 1.807) is 18.5 Å². The number of hydrogen-bond donors (Lipinski definition) is 8. The number of carboxylic acid groups (broad SMARTS) is 2. The van der Waals surface area contributed by atoms with Crippen LogP contribution in [0.1, 0.15) is 17.5 Å². The number of para-hydroxylation sites is 2. The fourth-order valence-corrected chi connectivity index (χ4v) is 4.63. The van der Waals surface area contributed by atoms with Gasteiger partial charge in [0.2, 0.25) is 17.7 Å². The zero-order valence-corrected chi connectivity index (χ0v) is 21.8. The Bertz CT molecular complexity index is 1590. The molecule has 0 aliphatic heterocycles. The highest BCUT2D eigenvalue weighted by Crippen LogP contribution is 2.21. The number of nitrogens with two attached hydrogens (primary N) is 1. The summed E-state index contributed by atoms with van der Waals surface area (Å²) in [6.07, 6.45) is 2.51. The van der Waals surface area contributed by atoms with Crippen molar-refractivity contribution in [3.63, 3.8) is 0 Å². The van der Waals surface area contributed by atoms with E-state index in [1.165, 1.54) is 0 Å². The molecule has 0 spiro atoms. The Labute approximate surface area is 233 Å². The monoisotopic (exact) mass is 562 g/mol. The molecular formula is C28H30N6O7. The van der Waals surface area contributed by atoms with Gasteiger partial charge in [0, 0.05) is 47.0 Å². The summed E-state index contributed by atoms with van der Waals surface area (Å²) in [6.45, 7) is -0.475. The van der Waals surface area contributed by atoms with Crippen molar-refractivity contribution in [2.45, 2.75) is 37.4 Å². The Morgan fingerprint density at radius 1 is 0.707 bits per heavy atom. The van der Waals surface area contributed by atoms with Crippen LogP contribution < -0.4 is 21.7 Å². The summed E-state index contributed by atoms with van der Waals surface area (Å²) in [5, 5.41) is 28.0. The number of aliphatic carboxylic acids is 2. The van der Waals surface area contributed by atoms with Crippen LogP contribution in [0.4, 0.5) is 0 Å². The number of carboxylic acids is 2. The first-order valence-electron chi connectivity index (χ1n) is 12.8. The van der Waals surface area contributed by atoms with Crippen molar-refractivity contribution < 1.29 is 34.2 Å². The molecule has 13 heteroatoms. The van der Waals surface area contributed by atoms with Crippen LogP contribution in [0.2, 0.25) is 0 Å². The summed E-state index contributed by atoms with van der Waals surface area (Å²) >= 11 is 0. The number of carbonyl (C=O) groups excluding carboxylic acids is 3. The number of rotatable bonds is 13. The van der Waals surface area contributed by atoms with Gasteiger partial charge in [0.25, 0.3) is 0 Å². The average Bonchev–Trinajstić information content (AvgIpc) is 3.55. The topological polar surface area (TPSA) is 219 Å². The largest absolute Gasteiger partial charge is 0.481 e. The van der Waals surface area contributed by atoms with E-state index in [-0.39, 0.29) is 12.8 Å². The SMILES string of the molecule is NCC(=O)NC(CC(=O)O)C(=O)NC(Cc1c[nH]c2ccccc12)C(=O)NC(Cc1c[nH]c2ccccc12)C(=O)O. The van der Waals surface area contributed by atoms with Gasteiger partial charge in [-0.1, -0.05) is 36.4 Å². The number of benzene rings is 2. The summed E-state index contributed by atoms with van der Waals surface area (Å²) < 4.78 is 0. The van der Waals surface area contributed by atoms with Gasteiger partial charge in [0.1, 0.15) is 18.1 Å². The second-order valence-electron chi connectivity index (χ2n) is 9.51. The van der Waals surface area contributed by atoms with Crippen molar-refractivity contribution in [1.29, 1.82) is 0 Å². The van der Waals surface area contributed by atoms with Crippen LogP contribution >= 0.6 is 0 Å². The molecule has 0 aliphatic rings. The van der Waals surface area contributed by atoms with Crippen LogP contribution in [0.15, 0.2) is 60.9 Å². The summed E-state index contributed by atoms with van der Waals surface area (Å²) in [5.41, 5.74) is 8.23. The van der Waals surface area contributed by atoms with Gasteiger partial charge in [0.05, 0.1) is 13.0 Å². The fourth-order valence-electron chi connectivity index (χ4n) is 4.63. The first-order chi connectivity index (χ1) is 19.7. The van der Waals surface area contributed by atoms with Crippen molar-refractivity contribution in [2.75, 3.05) is 6.54 Å². The Balaban J connectivity index is 1.59. The molecule has 9 N–H and O–H groups in total. The summed E-state index contributed by atoms with van der Waals surface area (Å²) in [4.78, 5) is 68.2. The first kappa shape index (κ1) is 28.8. The van der Waals surface area contributed by atoms with Crippen molar-refractivity contribution in [1.82, 2.24) is 25.9 Å². The Hall–Kier alpha value is -5.17. The molecule has 0 saturated heterocycles. The van der Waals surface area contributed by atoms with Crippen molar-refractivity contribution >= 4 is 51.5 Å². The number of hydrogen-bond acceptors (Lipinski definition) is 6. The van der Waals surface area contributed by atoms with E-state index in [0.29, 0.717) is 11.1 Å². The summed E-state index contributed by atoms with van der Waals surface area (Å²) in [7, 11) is 0. The van der Waals surface area contributed by atoms with E-state index in [1.807, 2.05) is 42.5 Å². The van der Waals surface area contributed by atoms with Gasteiger partial charge >= 0.3 is 11.9 Å². The number of fused-ring (bicyclic) bond motifs is 2. The molecule has 3 atom stereocenters. The number of carbonyl (C=O) groups is 5. The van der Waals surface area contributed by atoms with Gasteiger partial charge in [-0.15, -0.1) is 0 Å². The molecule has 2 aromatic carbocycles. The summed E-state index contributed by atoms with van der Waals surface area (Å²) in [6, 6.07) is 10.5. The highest BCUT2D eigenvalue weighted by molar-refractivity contribution is 5.96. The minimum atomic E-state index is -1.51. The van der Waals surface area contributed by atoms with E-state index >= 15 is 0 Å². The summed E-state index contributed by atoms with van der Waals surface area (Å²) in [5.74, 6) is -5.12.